The molecular formula is C20H18N2O4. The second kappa shape index (κ2) is 6.76. The van der Waals surface area contributed by atoms with Crippen LogP contribution in [0.2, 0.25) is 0 Å². The Kier molecular flexibility index (Phi) is 4.49. The van der Waals surface area contributed by atoms with Gasteiger partial charge in [0.1, 0.15) is 0 Å². The first-order chi connectivity index (χ1) is 12.4. The van der Waals surface area contributed by atoms with E-state index in [4.69, 9.17) is 10.2 Å². The second-order valence-corrected chi connectivity index (χ2v) is 6.01. The number of hydrogen-bond acceptors (Lipinski definition) is 2. The average Bonchev–Trinajstić information content (AvgIpc) is 3.18. The van der Waals surface area contributed by atoms with Gasteiger partial charge in [-0.25, -0.2) is 9.59 Å². The molecule has 0 aliphatic heterocycles. The van der Waals surface area contributed by atoms with E-state index in [1.165, 1.54) is 0 Å². The number of aromatic carboxylic acids is 2. The van der Waals surface area contributed by atoms with E-state index in [1.807, 2.05) is 59.9 Å². The number of hydrogen-bond donors (Lipinski definition) is 2. The standard InChI is InChI=1S/2C10H9NO2/c2*1-11-5-4-7-2-3-8(10(12)13)6-9(7)11/h2*2-6H,1H3,(H,12,13). The van der Waals surface area contributed by atoms with Gasteiger partial charge in [0, 0.05) is 37.5 Å². The smallest absolute Gasteiger partial charge is 0.335 e. The lowest BCUT2D eigenvalue weighted by molar-refractivity contribution is 0.0686. The molecule has 2 N–H and O–H groups in total. The molecule has 4 aromatic rings. The molecule has 0 amide bonds. The normalized spacial score (nSPS) is 10.5. The Balaban J connectivity index is 0.000000151. The molecule has 2 heterocycles. The summed E-state index contributed by atoms with van der Waals surface area (Å²) in [6.45, 7) is 0. The molecule has 0 radical (unpaired) electrons. The first kappa shape index (κ1) is 17.3. The first-order valence-electron chi connectivity index (χ1n) is 7.93. The molecule has 0 aliphatic rings. The van der Waals surface area contributed by atoms with E-state index in [-0.39, 0.29) is 0 Å². The van der Waals surface area contributed by atoms with Gasteiger partial charge in [-0.2, -0.15) is 0 Å². The van der Waals surface area contributed by atoms with E-state index in [0.717, 1.165) is 21.8 Å². The number of aromatic nitrogens is 2. The van der Waals surface area contributed by atoms with Gasteiger partial charge in [0.2, 0.25) is 0 Å². The molecule has 2 aromatic heterocycles. The molecule has 0 saturated heterocycles. The summed E-state index contributed by atoms with van der Waals surface area (Å²) in [5.41, 5.74) is 2.54. The van der Waals surface area contributed by atoms with E-state index >= 15 is 0 Å². The van der Waals surface area contributed by atoms with Crippen LogP contribution < -0.4 is 0 Å². The molecule has 4 rings (SSSR count). The van der Waals surface area contributed by atoms with Gasteiger partial charge in [0.15, 0.2) is 0 Å². The number of aryl methyl sites for hydroxylation is 2. The monoisotopic (exact) mass is 350 g/mol. The minimum absolute atomic E-state index is 0.328. The van der Waals surface area contributed by atoms with Crippen LogP contribution in [0.1, 0.15) is 20.7 Å². The molecule has 6 nitrogen and oxygen atoms in total. The van der Waals surface area contributed by atoms with Gasteiger partial charge in [-0.1, -0.05) is 12.1 Å². The van der Waals surface area contributed by atoms with E-state index in [2.05, 4.69) is 0 Å². The molecule has 0 atom stereocenters. The molecule has 0 unspecified atom stereocenters. The zero-order chi connectivity index (χ0) is 18.8. The fourth-order valence-corrected chi connectivity index (χ4v) is 2.79. The lowest BCUT2D eigenvalue weighted by Gasteiger charge is -1.97. The van der Waals surface area contributed by atoms with Crippen molar-refractivity contribution in [2.45, 2.75) is 0 Å². The van der Waals surface area contributed by atoms with Crippen LogP contribution >= 0.6 is 0 Å². The average molecular weight is 350 g/mol. The molecule has 0 fully saturated rings. The van der Waals surface area contributed by atoms with Crippen LogP contribution in [-0.2, 0) is 14.1 Å². The molecule has 6 heteroatoms. The third-order valence-electron chi connectivity index (χ3n) is 4.27. The van der Waals surface area contributed by atoms with E-state index in [1.54, 1.807) is 24.3 Å². The Morgan fingerprint density at radius 2 is 1.08 bits per heavy atom. The third kappa shape index (κ3) is 3.30. The van der Waals surface area contributed by atoms with Gasteiger partial charge in [0.05, 0.1) is 11.1 Å². The lowest BCUT2D eigenvalue weighted by Crippen LogP contribution is -1.96. The third-order valence-corrected chi connectivity index (χ3v) is 4.27. The van der Waals surface area contributed by atoms with Crippen molar-refractivity contribution in [2.24, 2.45) is 14.1 Å². The fourth-order valence-electron chi connectivity index (χ4n) is 2.79. The van der Waals surface area contributed by atoms with Crippen molar-refractivity contribution in [1.82, 2.24) is 9.13 Å². The summed E-state index contributed by atoms with van der Waals surface area (Å²) in [7, 11) is 3.79. The minimum atomic E-state index is -0.886. The number of carbonyl (C=O) groups is 2. The van der Waals surface area contributed by atoms with Crippen LogP contribution in [0.4, 0.5) is 0 Å². The van der Waals surface area contributed by atoms with Gasteiger partial charge < -0.3 is 19.3 Å². The van der Waals surface area contributed by atoms with Crippen molar-refractivity contribution in [2.75, 3.05) is 0 Å². The van der Waals surface area contributed by atoms with Crippen LogP contribution in [0, 0.1) is 0 Å². The number of nitrogens with zero attached hydrogens (tertiary/aromatic N) is 2. The molecule has 132 valence electrons. The predicted octanol–water partition coefficient (Wildman–Crippen LogP) is 3.75. The second-order valence-electron chi connectivity index (χ2n) is 6.01. The number of carboxylic acid groups (broad SMARTS) is 2. The summed E-state index contributed by atoms with van der Waals surface area (Å²) in [6, 6.07) is 14.1. The SMILES string of the molecule is Cn1ccc2ccc(C(=O)O)cc21.Cn1ccc2ccc(C(=O)O)cc21. The van der Waals surface area contributed by atoms with E-state index < -0.39 is 11.9 Å². The maximum absolute atomic E-state index is 10.7. The maximum Gasteiger partial charge on any atom is 0.335 e. The summed E-state index contributed by atoms with van der Waals surface area (Å²) in [4.78, 5) is 21.3. The summed E-state index contributed by atoms with van der Waals surface area (Å²) in [5, 5.41) is 19.7. The van der Waals surface area contributed by atoms with Crippen molar-refractivity contribution in [3.8, 4) is 0 Å². The Morgan fingerprint density at radius 1 is 0.692 bits per heavy atom. The highest BCUT2D eigenvalue weighted by Gasteiger charge is 2.05. The predicted molar refractivity (Wildman–Crippen MR) is 99.8 cm³/mol. The Bertz CT molecular complexity index is 1030. The Hall–Kier alpha value is -3.54. The van der Waals surface area contributed by atoms with Crippen molar-refractivity contribution in [3.63, 3.8) is 0 Å². The first-order valence-corrected chi connectivity index (χ1v) is 7.93. The van der Waals surface area contributed by atoms with Crippen molar-refractivity contribution < 1.29 is 19.8 Å². The minimum Gasteiger partial charge on any atom is -0.478 e. The van der Waals surface area contributed by atoms with Crippen LogP contribution in [0.5, 0.6) is 0 Å². The van der Waals surface area contributed by atoms with Crippen molar-refractivity contribution in [3.05, 3.63) is 72.1 Å². The molecule has 0 bridgehead atoms. The van der Waals surface area contributed by atoms with Crippen LogP contribution in [0.3, 0.4) is 0 Å². The molecule has 26 heavy (non-hydrogen) atoms. The zero-order valence-electron chi connectivity index (χ0n) is 14.4. The Morgan fingerprint density at radius 3 is 1.42 bits per heavy atom. The van der Waals surface area contributed by atoms with Gasteiger partial charge in [0.25, 0.3) is 0 Å². The molecule has 0 saturated carbocycles. The quantitative estimate of drug-likeness (QED) is 0.576. The molecule has 2 aromatic carbocycles. The number of benzene rings is 2. The van der Waals surface area contributed by atoms with Gasteiger partial charge in [-0.05, 0) is 47.2 Å². The lowest BCUT2D eigenvalue weighted by atomic mass is 10.2. The van der Waals surface area contributed by atoms with E-state index in [0.29, 0.717) is 11.1 Å². The topological polar surface area (TPSA) is 84.5 Å². The van der Waals surface area contributed by atoms with E-state index in [9.17, 15) is 9.59 Å². The fraction of sp³-hybridized carbons (Fsp3) is 0.100. The van der Waals surface area contributed by atoms with Crippen LogP contribution in [-0.4, -0.2) is 31.3 Å². The van der Waals surface area contributed by atoms with Gasteiger partial charge in [-0.15, -0.1) is 0 Å². The Labute approximate surface area is 149 Å². The summed E-state index contributed by atoms with van der Waals surface area (Å²) in [6.07, 6.45) is 3.83. The summed E-state index contributed by atoms with van der Waals surface area (Å²) < 4.78 is 3.81. The van der Waals surface area contributed by atoms with Crippen molar-refractivity contribution in [1.29, 1.82) is 0 Å². The molecule has 0 aliphatic carbocycles. The van der Waals surface area contributed by atoms with Gasteiger partial charge in [-0.3, -0.25) is 0 Å². The number of rotatable bonds is 2. The highest BCUT2D eigenvalue weighted by atomic mass is 16.4. The number of carboxylic acids is 2. The summed E-state index contributed by atoms with van der Waals surface area (Å²) >= 11 is 0. The summed E-state index contributed by atoms with van der Waals surface area (Å²) in [5.74, 6) is -1.77. The highest BCUT2D eigenvalue weighted by molar-refractivity contribution is 5.94. The number of fused-ring (bicyclic) bond motifs is 2. The van der Waals surface area contributed by atoms with Crippen LogP contribution in [0.15, 0.2) is 60.9 Å². The highest BCUT2D eigenvalue weighted by Crippen LogP contribution is 2.17. The zero-order valence-corrected chi connectivity index (χ0v) is 14.4. The van der Waals surface area contributed by atoms with Gasteiger partial charge >= 0.3 is 11.9 Å². The van der Waals surface area contributed by atoms with Crippen molar-refractivity contribution >= 4 is 33.7 Å². The largest absolute Gasteiger partial charge is 0.478 e. The van der Waals surface area contributed by atoms with Crippen LogP contribution in [0.25, 0.3) is 21.8 Å². The molecule has 0 spiro atoms. The molecular weight excluding hydrogens is 332 g/mol. The maximum atomic E-state index is 10.7.